The van der Waals surface area contributed by atoms with Gasteiger partial charge in [-0.1, -0.05) is 18.2 Å². The summed E-state index contributed by atoms with van der Waals surface area (Å²) in [7, 11) is 3.00. The number of anilines is 1. The molecular formula is C23H28F2N2O5. The molecule has 174 valence electrons. The van der Waals surface area contributed by atoms with Crippen molar-refractivity contribution in [3.8, 4) is 11.5 Å². The SMILES string of the molecule is COc1cc(CN(C)C(=O)Cc2ccc(NC(=O)OC(C)(C)C)cc2)ccc1OC(F)F. The van der Waals surface area contributed by atoms with E-state index >= 15 is 0 Å². The third-order valence-electron chi connectivity index (χ3n) is 4.24. The van der Waals surface area contributed by atoms with Crippen molar-refractivity contribution in [3.05, 3.63) is 53.6 Å². The molecule has 2 aromatic carbocycles. The summed E-state index contributed by atoms with van der Waals surface area (Å²) in [5.41, 5.74) is 1.44. The standard InChI is InChI=1S/C23H28F2N2O5/c1-23(2,3)32-22(29)26-17-9-6-15(7-10-17)13-20(28)27(4)14-16-8-11-18(31-21(24)25)19(12-16)30-5/h6-12,21H,13-14H2,1-5H3,(H,26,29). The van der Waals surface area contributed by atoms with E-state index in [1.54, 1.807) is 64.2 Å². The van der Waals surface area contributed by atoms with E-state index in [9.17, 15) is 18.4 Å². The Hall–Kier alpha value is -3.36. The Morgan fingerprint density at radius 3 is 2.22 bits per heavy atom. The van der Waals surface area contributed by atoms with E-state index in [0.717, 1.165) is 5.56 Å². The van der Waals surface area contributed by atoms with Crippen LogP contribution >= 0.6 is 0 Å². The Morgan fingerprint density at radius 1 is 1.03 bits per heavy atom. The second-order valence-electron chi connectivity index (χ2n) is 8.11. The summed E-state index contributed by atoms with van der Waals surface area (Å²) in [6, 6.07) is 11.4. The summed E-state index contributed by atoms with van der Waals surface area (Å²) in [6.07, 6.45) is -0.395. The van der Waals surface area contributed by atoms with Crippen molar-refractivity contribution in [1.82, 2.24) is 4.90 Å². The molecule has 2 amide bonds. The first-order valence-corrected chi connectivity index (χ1v) is 9.91. The molecule has 7 nitrogen and oxygen atoms in total. The Bertz CT molecular complexity index is 927. The van der Waals surface area contributed by atoms with Gasteiger partial charge < -0.3 is 19.1 Å². The van der Waals surface area contributed by atoms with E-state index in [-0.39, 0.29) is 30.4 Å². The summed E-state index contributed by atoms with van der Waals surface area (Å²) in [5, 5.41) is 2.64. The average Bonchev–Trinajstić information content (AvgIpc) is 2.68. The van der Waals surface area contributed by atoms with Gasteiger partial charge in [0.2, 0.25) is 5.91 Å². The lowest BCUT2D eigenvalue weighted by Crippen LogP contribution is -2.28. The molecule has 0 saturated heterocycles. The van der Waals surface area contributed by atoms with Gasteiger partial charge >= 0.3 is 12.7 Å². The highest BCUT2D eigenvalue weighted by atomic mass is 19.3. The molecule has 0 saturated carbocycles. The zero-order valence-corrected chi connectivity index (χ0v) is 18.8. The normalized spacial score (nSPS) is 11.1. The molecule has 9 heteroatoms. The fourth-order valence-electron chi connectivity index (χ4n) is 2.80. The third-order valence-corrected chi connectivity index (χ3v) is 4.24. The molecule has 0 fully saturated rings. The van der Waals surface area contributed by atoms with Crippen LogP contribution in [0.4, 0.5) is 19.3 Å². The summed E-state index contributed by atoms with van der Waals surface area (Å²) in [4.78, 5) is 25.9. The number of amides is 2. The van der Waals surface area contributed by atoms with E-state index in [0.29, 0.717) is 11.3 Å². The zero-order chi connectivity index (χ0) is 23.9. The van der Waals surface area contributed by atoms with Crippen molar-refractivity contribution in [2.75, 3.05) is 19.5 Å². The number of nitrogens with one attached hydrogen (secondary N) is 1. The van der Waals surface area contributed by atoms with Crippen molar-refractivity contribution in [1.29, 1.82) is 0 Å². The number of nitrogens with zero attached hydrogens (tertiary/aromatic N) is 1. The van der Waals surface area contributed by atoms with E-state index in [4.69, 9.17) is 9.47 Å². The lowest BCUT2D eigenvalue weighted by molar-refractivity contribution is -0.129. The van der Waals surface area contributed by atoms with Gasteiger partial charge in [0.05, 0.1) is 13.5 Å². The minimum atomic E-state index is -2.95. The van der Waals surface area contributed by atoms with E-state index in [2.05, 4.69) is 10.1 Å². The maximum Gasteiger partial charge on any atom is 0.412 e. The molecule has 0 radical (unpaired) electrons. The van der Waals surface area contributed by atoms with Crippen molar-refractivity contribution in [2.45, 2.75) is 45.9 Å². The summed E-state index contributed by atoms with van der Waals surface area (Å²) in [5.74, 6) is -0.0400. The van der Waals surface area contributed by atoms with Gasteiger partial charge in [-0.15, -0.1) is 0 Å². The summed E-state index contributed by atoms with van der Waals surface area (Å²) < 4.78 is 39.6. The molecule has 0 atom stereocenters. The maximum absolute atomic E-state index is 12.6. The Balaban J connectivity index is 1.94. The van der Waals surface area contributed by atoms with Crippen LogP contribution in [0.15, 0.2) is 42.5 Å². The monoisotopic (exact) mass is 450 g/mol. The van der Waals surface area contributed by atoms with Gasteiger partial charge in [0.15, 0.2) is 11.5 Å². The lowest BCUT2D eigenvalue weighted by Gasteiger charge is -2.20. The molecule has 32 heavy (non-hydrogen) atoms. The van der Waals surface area contributed by atoms with E-state index < -0.39 is 18.3 Å². The number of hydrogen-bond acceptors (Lipinski definition) is 5. The van der Waals surface area contributed by atoms with Gasteiger partial charge in [0.1, 0.15) is 5.60 Å². The number of alkyl halides is 2. The molecule has 0 aromatic heterocycles. The quantitative estimate of drug-likeness (QED) is 0.623. The molecule has 2 aromatic rings. The average molecular weight is 450 g/mol. The van der Waals surface area contributed by atoms with Gasteiger partial charge in [-0.2, -0.15) is 8.78 Å². The number of carbonyl (C=O) groups is 2. The highest BCUT2D eigenvalue weighted by molar-refractivity contribution is 5.85. The molecule has 0 bridgehead atoms. The topological polar surface area (TPSA) is 77.1 Å². The predicted molar refractivity (Wildman–Crippen MR) is 116 cm³/mol. The molecule has 2 rings (SSSR count). The maximum atomic E-state index is 12.6. The molecule has 0 aliphatic heterocycles. The number of methoxy groups -OCH3 is 1. The minimum Gasteiger partial charge on any atom is -0.493 e. The third kappa shape index (κ3) is 8.05. The first kappa shape index (κ1) is 24.9. The van der Waals surface area contributed by atoms with Crippen molar-refractivity contribution < 1.29 is 32.6 Å². The van der Waals surface area contributed by atoms with Gasteiger partial charge in [-0.3, -0.25) is 10.1 Å². The minimum absolute atomic E-state index is 0.0692. The van der Waals surface area contributed by atoms with Crippen LogP contribution in [0.1, 0.15) is 31.9 Å². The van der Waals surface area contributed by atoms with Crippen LogP contribution in [0.3, 0.4) is 0 Å². The number of rotatable bonds is 8. The fourth-order valence-corrected chi connectivity index (χ4v) is 2.80. The lowest BCUT2D eigenvalue weighted by atomic mass is 10.1. The molecule has 1 N–H and O–H groups in total. The van der Waals surface area contributed by atoms with E-state index in [1.165, 1.54) is 18.1 Å². The Morgan fingerprint density at radius 2 is 1.66 bits per heavy atom. The van der Waals surface area contributed by atoms with Gasteiger partial charge in [-0.25, -0.2) is 4.79 Å². The highest BCUT2D eigenvalue weighted by Crippen LogP contribution is 2.29. The van der Waals surface area contributed by atoms with E-state index in [1.807, 2.05) is 0 Å². The fraction of sp³-hybridized carbons (Fsp3) is 0.391. The number of likely N-dealkylation sites (N-methyl/N-ethyl adjacent to an activating group) is 1. The first-order valence-electron chi connectivity index (χ1n) is 9.91. The second kappa shape index (κ2) is 10.8. The number of carbonyl (C=O) groups excluding carboxylic acids is 2. The largest absolute Gasteiger partial charge is 0.493 e. The van der Waals surface area contributed by atoms with Crippen LogP contribution < -0.4 is 14.8 Å². The number of halogens is 2. The summed E-state index contributed by atoms with van der Waals surface area (Å²) in [6.45, 7) is 2.64. The molecule has 0 aliphatic carbocycles. The Kier molecular flexibility index (Phi) is 8.40. The van der Waals surface area contributed by atoms with Crippen LogP contribution in [0.5, 0.6) is 11.5 Å². The number of ether oxygens (including phenoxy) is 3. The smallest absolute Gasteiger partial charge is 0.412 e. The second-order valence-corrected chi connectivity index (χ2v) is 8.11. The number of hydrogen-bond donors (Lipinski definition) is 1. The Labute approximate surface area is 186 Å². The van der Waals surface area contributed by atoms with Gasteiger partial charge in [0, 0.05) is 19.3 Å². The predicted octanol–water partition coefficient (Wildman–Crippen LogP) is 4.84. The highest BCUT2D eigenvalue weighted by Gasteiger charge is 2.17. The van der Waals surface area contributed by atoms with Gasteiger partial charge in [0.25, 0.3) is 0 Å². The number of benzene rings is 2. The first-order chi connectivity index (χ1) is 15.0. The van der Waals surface area contributed by atoms with Crippen LogP contribution in [0, 0.1) is 0 Å². The van der Waals surface area contributed by atoms with Crippen LogP contribution in [-0.2, 0) is 22.5 Å². The van der Waals surface area contributed by atoms with Crippen molar-refractivity contribution >= 4 is 17.7 Å². The van der Waals surface area contributed by atoms with Crippen molar-refractivity contribution in [2.24, 2.45) is 0 Å². The van der Waals surface area contributed by atoms with Gasteiger partial charge in [-0.05, 0) is 56.2 Å². The van der Waals surface area contributed by atoms with Crippen LogP contribution in [0.2, 0.25) is 0 Å². The molecule has 0 heterocycles. The zero-order valence-electron chi connectivity index (χ0n) is 18.8. The van der Waals surface area contributed by atoms with Crippen LogP contribution in [0.25, 0.3) is 0 Å². The molecule has 0 unspecified atom stereocenters. The molecule has 0 aliphatic rings. The molecular weight excluding hydrogens is 422 g/mol. The van der Waals surface area contributed by atoms with Crippen molar-refractivity contribution in [3.63, 3.8) is 0 Å². The molecule has 0 spiro atoms. The summed E-state index contributed by atoms with van der Waals surface area (Å²) >= 11 is 0. The van der Waals surface area contributed by atoms with Crippen LogP contribution in [-0.4, -0.2) is 43.3 Å².